The van der Waals surface area contributed by atoms with Gasteiger partial charge >= 0.3 is 0 Å². The largest absolute Gasteiger partial charge is 0.379 e. The van der Waals surface area contributed by atoms with Crippen LogP contribution in [0.15, 0.2) is 47.6 Å². The van der Waals surface area contributed by atoms with Crippen LogP contribution in [0.1, 0.15) is 37.7 Å². The molecule has 0 radical (unpaired) electrons. The van der Waals surface area contributed by atoms with Gasteiger partial charge in [-0.2, -0.15) is 4.31 Å². The second kappa shape index (κ2) is 9.44. The van der Waals surface area contributed by atoms with Crippen molar-refractivity contribution in [2.24, 2.45) is 0 Å². The van der Waals surface area contributed by atoms with Crippen LogP contribution in [-0.4, -0.2) is 53.6 Å². The van der Waals surface area contributed by atoms with Gasteiger partial charge in [-0.25, -0.2) is 13.4 Å². The van der Waals surface area contributed by atoms with Crippen LogP contribution in [0.4, 0.5) is 0 Å². The molecule has 4 rings (SSSR count). The Morgan fingerprint density at radius 1 is 1.23 bits per heavy atom. The molecule has 1 aliphatic rings. The number of aromatic nitrogens is 3. The fourth-order valence-electron chi connectivity index (χ4n) is 3.86. The van der Waals surface area contributed by atoms with Crippen molar-refractivity contribution in [1.29, 1.82) is 0 Å². The minimum atomic E-state index is -3.55. The predicted molar refractivity (Wildman–Crippen MR) is 119 cm³/mol. The van der Waals surface area contributed by atoms with E-state index >= 15 is 0 Å². The average Bonchev–Trinajstić information content (AvgIpc) is 3.15. The topological polar surface area (TPSA) is 89.3 Å². The Kier molecular flexibility index (Phi) is 6.66. The lowest BCUT2D eigenvalue weighted by Gasteiger charge is -2.26. The van der Waals surface area contributed by atoms with Crippen molar-refractivity contribution in [3.8, 4) is 0 Å². The van der Waals surface area contributed by atoms with E-state index in [9.17, 15) is 8.42 Å². The molecule has 8 nitrogen and oxygen atoms in total. The van der Waals surface area contributed by atoms with Crippen LogP contribution >= 0.6 is 0 Å². The first-order valence-corrected chi connectivity index (χ1v) is 12.1. The number of morpholine rings is 1. The minimum Gasteiger partial charge on any atom is -0.379 e. The molecule has 0 bridgehead atoms. The van der Waals surface area contributed by atoms with E-state index in [1.54, 1.807) is 18.3 Å². The molecule has 0 amide bonds. The summed E-state index contributed by atoms with van der Waals surface area (Å²) < 4.78 is 35.0. The fraction of sp³-hybridized carbons (Fsp3) is 0.455. The highest BCUT2D eigenvalue weighted by Gasteiger charge is 2.27. The van der Waals surface area contributed by atoms with Crippen LogP contribution < -0.4 is 5.32 Å². The number of fused-ring (bicyclic) bond motifs is 1. The molecule has 1 unspecified atom stereocenters. The zero-order valence-electron chi connectivity index (χ0n) is 18.0. The summed E-state index contributed by atoms with van der Waals surface area (Å²) in [6, 6.07) is 9.36. The van der Waals surface area contributed by atoms with Gasteiger partial charge in [0.2, 0.25) is 10.0 Å². The number of hydrogen-bond donors (Lipinski definition) is 1. The molecule has 1 aromatic carbocycles. The molecule has 1 N–H and O–H groups in total. The van der Waals surface area contributed by atoms with E-state index in [1.807, 2.05) is 24.4 Å². The Bertz CT molecular complexity index is 1120. The summed E-state index contributed by atoms with van der Waals surface area (Å²) in [7, 11) is -3.55. The zero-order chi connectivity index (χ0) is 21.8. The Labute approximate surface area is 183 Å². The highest BCUT2D eigenvalue weighted by atomic mass is 32.2. The third-order valence-electron chi connectivity index (χ3n) is 5.60. The van der Waals surface area contributed by atoms with E-state index in [-0.39, 0.29) is 10.9 Å². The Morgan fingerprint density at radius 2 is 2.03 bits per heavy atom. The van der Waals surface area contributed by atoms with E-state index in [2.05, 4.69) is 28.7 Å². The molecule has 9 heteroatoms. The quantitative estimate of drug-likeness (QED) is 0.576. The molecule has 1 atom stereocenters. The van der Waals surface area contributed by atoms with Gasteiger partial charge in [0, 0.05) is 38.1 Å². The second-order valence-electron chi connectivity index (χ2n) is 7.74. The van der Waals surface area contributed by atoms with Crippen molar-refractivity contribution in [3.05, 3.63) is 54.1 Å². The smallest absolute Gasteiger partial charge is 0.243 e. The Balaban J connectivity index is 1.61. The number of benzene rings is 1. The van der Waals surface area contributed by atoms with Crippen LogP contribution in [0.25, 0.3) is 11.0 Å². The number of nitrogens with zero attached hydrogens (tertiary/aromatic N) is 4. The van der Waals surface area contributed by atoms with Crippen LogP contribution in [0.3, 0.4) is 0 Å². The lowest BCUT2D eigenvalue weighted by molar-refractivity contribution is 0.0730. The van der Waals surface area contributed by atoms with Gasteiger partial charge < -0.3 is 14.6 Å². The Morgan fingerprint density at radius 3 is 2.74 bits per heavy atom. The SMILES string of the molecule is CCCn1c(CNC(C)c2cccnc2)nc2cc(S(=O)(=O)N3CCOCC3)ccc21. The number of nitrogens with one attached hydrogen (secondary N) is 1. The van der Waals surface area contributed by atoms with Gasteiger partial charge in [-0.05, 0) is 43.2 Å². The van der Waals surface area contributed by atoms with Crippen molar-refractivity contribution in [2.45, 2.75) is 44.3 Å². The lowest BCUT2D eigenvalue weighted by Crippen LogP contribution is -2.40. The summed E-state index contributed by atoms with van der Waals surface area (Å²) in [5.74, 6) is 0.897. The number of sulfonamides is 1. The maximum absolute atomic E-state index is 13.0. The van der Waals surface area contributed by atoms with Gasteiger partial charge in [0.25, 0.3) is 0 Å². The van der Waals surface area contributed by atoms with Gasteiger partial charge in [0.15, 0.2) is 0 Å². The van der Waals surface area contributed by atoms with Crippen LogP contribution in [0, 0.1) is 0 Å². The highest BCUT2D eigenvalue weighted by molar-refractivity contribution is 7.89. The van der Waals surface area contributed by atoms with Gasteiger partial charge in [0.1, 0.15) is 5.82 Å². The molecular formula is C22H29N5O3S. The van der Waals surface area contributed by atoms with Crippen molar-refractivity contribution in [2.75, 3.05) is 26.3 Å². The minimum absolute atomic E-state index is 0.126. The first-order chi connectivity index (χ1) is 15.0. The first kappa shape index (κ1) is 21.9. The summed E-state index contributed by atoms with van der Waals surface area (Å²) >= 11 is 0. The molecule has 0 aliphatic carbocycles. The molecule has 3 aromatic rings. The summed E-state index contributed by atoms with van der Waals surface area (Å²) in [5.41, 5.74) is 2.77. The normalized spacial score (nSPS) is 16.6. The number of imidazole rings is 1. The van der Waals surface area contributed by atoms with Crippen molar-refractivity contribution >= 4 is 21.1 Å². The monoisotopic (exact) mass is 443 g/mol. The zero-order valence-corrected chi connectivity index (χ0v) is 18.8. The highest BCUT2D eigenvalue weighted by Crippen LogP contribution is 2.24. The number of hydrogen-bond acceptors (Lipinski definition) is 6. The fourth-order valence-corrected chi connectivity index (χ4v) is 5.29. The molecule has 3 heterocycles. The van der Waals surface area contributed by atoms with E-state index in [0.29, 0.717) is 38.4 Å². The van der Waals surface area contributed by atoms with Crippen molar-refractivity contribution in [3.63, 3.8) is 0 Å². The lowest BCUT2D eigenvalue weighted by atomic mass is 10.1. The number of ether oxygens (including phenoxy) is 1. The van der Waals surface area contributed by atoms with E-state index < -0.39 is 10.0 Å². The average molecular weight is 444 g/mol. The molecule has 1 aliphatic heterocycles. The number of rotatable bonds is 8. The molecule has 31 heavy (non-hydrogen) atoms. The Hall–Kier alpha value is -2.33. The summed E-state index contributed by atoms with van der Waals surface area (Å²) in [6.45, 7) is 7.24. The van der Waals surface area contributed by atoms with E-state index in [4.69, 9.17) is 9.72 Å². The summed E-state index contributed by atoms with van der Waals surface area (Å²) in [5, 5.41) is 3.51. The van der Waals surface area contributed by atoms with E-state index in [0.717, 1.165) is 29.9 Å². The molecule has 166 valence electrons. The molecule has 1 fully saturated rings. The second-order valence-corrected chi connectivity index (χ2v) is 9.67. The van der Waals surface area contributed by atoms with Crippen LogP contribution in [0.2, 0.25) is 0 Å². The van der Waals surface area contributed by atoms with Crippen LogP contribution in [0.5, 0.6) is 0 Å². The number of pyridine rings is 1. The van der Waals surface area contributed by atoms with Gasteiger partial charge in [0.05, 0.1) is 35.7 Å². The van der Waals surface area contributed by atoms with Crippen molar-refractivity contribution in [1.82, 2.24) is 24.2 Å². The summed E-state index contributed by atoms with van der Waals surface area (Å²) in [6.07, 6.45) is 4.58. The molecule has 1 saturated heterocycles. The third kappa shape index (κ3) is 4.64. The first-order valence-electron chi connectivity index (χ1n) is 10.7. The van der Waals surface area contributed by atoms with Gasteiger partial charge in [-0.1, -0.05) is 13.0 Å². The molecule has 0 spiro atoms. The molecular weight excluding hydrogens is 414 g/mol. The maximum atomic E-state index is 13.0. The van der Waals surface area contributed by atoms with Gasteiger partial charge in [-0.15, -0.1) is 0 Å². The third-order valence-corrected chi connectivity index (χ3v) is 7.50. The van der Waals surface area contributed by atoms with E-state index in [1.165, 1.54) is 4.31 Å². The molecule has 2 aromatic heterocycles. The number of aryl methyl sites for hydroxylation is 1. The van der Waals surface area contributed by atoms with Crippen molar-refractivity contribution < 1.29 is 13.2 Å². The van der Waals surface area contributed by atoms with Gasteiger partial charge in [-0.3, -0.25) is 4.98 Å². The summed E-state index contributed by atoms with van der Waals surface area (Å²) in [4.78, 5) is 9.26. The maximum Gasteiger partial charge on any atom is 0.243 e. The predicted octanol–water partition coefficient (Wildman–Crippen LogP) is 2.71. The van der Waals surface area contributed by atoms with Crippen LogP contribution in [-0.2, 0) is 27.8 Å². The molecule has 0 saturated carbocycles. The standard InChI is InChI=1S/C22H29N5O3S/c1-3-9-27-21-7-6-19(31(28,29)26-10-12-30-13-11-26)14-20(21)25-22(27)16-24-17(2)18-5-4-8-23-15-18/h4-8,14-15,17,24H,3,9-13,16H2,1-2H3.